The molecule has 0 N–H and O–H groups in total. The fourth-order valence-corrected chi connectivity index (χ4v) is 1.04. The van der Waals surface area contributed by atoms with Crippen LogP contribution in [0.15, 0.2) is 0 Å². The molecule has 15 heavy (non-hydrogen) atoms. The number of rotatable bonds is 7. The molecule has 0 aliphatic carbocycles. The van der Waals surface area contributed by atoms with Crippen LogP contribution in [0.3, 0.4) is 0 Å². The predicted molar refractivity (Wildman–Crippen MR) is 57.2 cm³/mol. The second-order valence-electron chi connectivity index (χ2n) is 2.82. The lowest BCUT2D eigenvalue weighted by atomic mass is 10.3. The Balaban J connectivity index is 3.87. The van der Waals surface area contributed by atoms with Crippen molar-refractivity contribution in [1.82, 2.24) is 0 Å². The van der Waals surface area contributed by atoms with Gasteiger partial charge in [0.2, 0.25) is 0 Å². The zero-order valence-corrected chi connectivity index (χ0v) is 10.0. The molecule has 0 heterocycles. The minimum absolute atomic E-state index is 0.0356. The minimum Gasteiger partial charge on any atom is -0.466 e. The summed E-state index contributed by atoms with van der Waals surface area (Å²) in [6.07, 6.45) is 0.0486. The van der Waals surface area contributed by atoms with Gasteiger partial charge in [-0.25, -0.2) is 0 Å². The summed E-state index contributed by atoms with van der Waals surface area (Å²) in [5.74, 6) is -1.23. The molecule has 1 unspecified atom stereocenters. The maximum atomic E-state index is 11.1. The van der Waals surface area contributed by atoms with E-state index in [1.165, 1.54) is 0 Å². The summed E-state index contributed by atoms with van der Waals surface area (Å²) < 4.78 is 9.61. The maximum Gasteiger partial charge on any atom is 0.321 e. The summed E-state index contributed by atoms with van der Waals surface area (Å²) >= 11 is 10.8. The number of carbonyl (C=O) groups is 2. The van der Waals surface area contributed by atoms with Crippen molar-refractivity contribution in [2.24, 2.45) is 0 Å². The second kappa shape index (κ2) is 8.80. The fourth-order valence-electron chi connectivity index (χ4n) is 0.806. The molecule has 0 saturated carbocycles. The third kappa shape index (κ3) is 7.45. The van der Waals surface area contributed by atoms with Crippen LogP contribution < -0.4 is 0 Å². The summed E-state index contributed by atoms with van der Waals surface area (Å²) in [6, 6.07) is 0. The number of carbonyl (C=O) groups excluding carboxylic acids is 2. The van der Waals surface area contributed by atoms with E-state index in [0.717, 1.165) is 6.42 Å². The predicted octanol–water partition coefficient (Wildman–Crippen LogP) is 1.72. The molecule has 6 heteroatoms. The third-order valence-corrected chi connectivity index (χ3v) is 2.00. The zero-order valence-electron chi connectivity index (χ0n) is 8.50. The second-order valence-corrected chi connectivity index (χ2v) is 3.40. The van der Waals surface area contributed by atoms with Crippen molar-refractivity contribution < 1.29 is 19.1 Å². The van der Waals surface area contributed by atoms with Gasteiger partial charge in [0.1, 0.15) is 12.0 Å². The molecular formula is C9H14Cl2O4. The molecule has 0 amide bonds. The Morgan fingerprint density at radius 3 is 2.40 bits per heavy atom. The smallest absolute Gasteiger partial charge is 0.321 e. The van der Waals surface area contributed by atoms with E-state index in [1.807, 2.05) is 6.92 Å². The van der Waals surface area contributed by atoms with Crippen LogP contribution in [0.4, 0.5) is 0 Å². The highest BCUT2D eigenvalue weighted by Gasteiger charge is 2.17. The first-order chi connectivity index (χ1) is 7.13. The number of halogens is 2. The largest absolute Gasteiger partial charge is 0.466 e. The molecule has 0 rings (SSSR count). The average Bonchev–Trinajstić information content (AvgIpc) is 2.25. The highest BCUT2D eigenvalue weighted by atomic mass is 35.5. The van der Waals surface area contributed by atoms with Gasteiger partial charge in [0.05, 0.1) is 18.9 Å². The summed E-state index contributed by atoms with van der Waals surface area (Å²) in [7, 11) is 0. The van der Waals surface area contributed by atoms with Crippen LogP contribution >= 0.6 is 23.2 Å². The van der Waals surface area contributed by atoms with Gasteiger partial charge in [-0.05, 0) is 6.42 Å². The molecule has 0 radical (unpaired) electrons. The van der Waals surface area contributed by atoms with E-state index in [1.54, 1.807) is 0 Å². The molecule has 0 aliphatic heterocycles. The normalized spacial score (nSPS) is 11.9. The summed E-state index contributed by atoms with van der Waals surface area (Å²) in [4.78, 5) is 21.9. The Morgan fingerprint density at radius 1 is 1.27 bits per heavy atom. The Kier molecular flexibility index (Phi) is 8.52. The van der Waals surface area contributed by atoms with Crippen LogP contribution in [0.2, 0.25) is 0 Å². The number of hydrogen-bond donors (Lipinski definition) is 0. The number of alkyl halides is 2. The Hall–Kier alpha value is -0.480. The average molecular weight is 257 g/mol. The Labute approximate surface area is 98.8 Å². The van der Waals surface area contributed by atoms with Crippen LogP contribution in [0.1, 0.15) is 19.8 Å². The first-order valence-electron chi connectivity index (χ1n) is 4.61. The number of hydrogen-bond acceptors (Lipinski definition) is 4. The Bertz CT molecular complexity index is 208. The Morgan fingerprint density at radius 2 is 1.93 bits per heavy atom. The van der Waals surface area contributed by atoms with Gasteiger partial charge in [-0.3, -0.25) is 9.59 Å². The van der Waals surface area contributed by atoms with Crippen LogP contribution in [0, 0.1) is 0 Å². The quantitative estimate of drug-likeness (QED) is 0.514. The van der Waals surface area contributed by atoms with Gasteiger partial charge < -0.3 is 9.47 Å². The van der Waals surface area contributed by atoms with Gasteiger partial charge in [0.25, 0.3) is 0 Å². The lowest BCUT2D eigenvalue weighted by Crippen LogP contribution is -2.24. The van der Waals surface area contributed by atoms with Gasteiger partial charge in [-0.1, -0.05) is 6.92 Å². The molecule has 0 saturated heterocycles. The van der Waals surface area contributed by atoms with Crippen molar-refractivity contribution in [2.75, 3.05) is 18.4 Å². The molecular weight excluding hydrogens is 243 g/mol. The van der Waals surface area contributed by atoms with Crippen molar-refractivity contribution in [3.63, 3.8) is 0 Å². The van der Waals surface area contributed by atoms with E-state index < -0.39 is 18.0 Å². The number of ether oxygens (including phenoxy) is 2. The van der Waals surface area contributed by atoms with Gasteiger partial charge in [-0.15, -0.1) is 23.2 Å². The van der Waals surface area contributed by atoms with E-state index >= 15 is 0 Å². The van der Waals surface area contributed by atoms with Crippen LogP contribution in [-0.2, 0) is 19.1 Å². The number of esters is 2. The fraction of sp³-hybridized carbons (Fsp3) is 0.778. The standard InChI is InChI=1S/C9H14Cl2O4/c1-2-3-14-8(12)4-7(5-10)15-9(13)6-11/h7H,2-6H2,1H3. The molecule has 0 fully saturated rings. The molecule has 4 nitrogen and oxygen atoms in total. The first-order valence-corrected chi connectivity index (χ1v) is 5.68. The summed E-state index contributed by atoms with van der Waals surface area (Å²) in [6.45, 7) is 2.25. The lowest BCUT2D eigenvalue weighted by molar-refractivity contribution is -0.152. The van der Waals surface area contributed by atoms with E-state index in [0.29, 0.717) is 6.61 Å². The molecule has 1 atom stereocenters. The van der Waals surface area contributed by atoms with Gasteiger partial charge in [0, 0.05) is 0 Å². The molecule has 0 aliphatic rings. The van der Waals surface area contributed by atoms with Gasteiger partial charge in [-0.2, -0.15) is 0 Å². The monoisotopic (exact) mass is 256 g/mol. The summed E-state index contributed by atoms with van der Waals surface area (Å²) in [5.41, 5.74) is 0. The van der Waals surface area contributed by atoms with Crippen molar-refractivity contribution in [3.8, 4) is 0 Å². The van der Waals surface area contributed by atoms with E-state index in [-0.39, 0.29) is 18.2 Å². The topological polar surface area (TPSA) is 52.6 Å². The summed E-state index contributed by atoms with van der Waals surface area (Å²) in [5, 5.41) is 0. The molecule has 0 spiro atoms. The van der Waals surface area contributed by atoms with Crippen LogP contribution in [0.5, 0.6) is 0 Å². The van der Waals surface area contributed by atoms with Gasteiger partial charge in [0.15, 0.2) is 0 Å². The van der Waals surface area contributed by atoms with Crippen molar-refractivity contribution >= 4 is 35.1 Å². The highest BCUT2D eigenvalue weighted by Crippen LogP contribution is 2.04. The highest BCUT2D eigenvalue weighted by molar-refractivity contribution is 6.26. The van der Waals surface area contributed by atoms with Crippen molar-refractivity contribution in [3.05, 3.63) is 0 Å². The van der Waals surface area contributed by atoms with E-state index in [9.17, 15) is 9.59 Å². The zero-order chi connectivity index (χ0) is 11.7. The van der Waals surface area contributed by atoms with Crippen LogP contribution in [-0.4, -0.2) is 36.4 Å². The third-order valence-electron chi connectivity index (χ3n) is 1.44. The van der Waals surface area contributed by atoms with E-state index in [4.69, 9.17) is 32.7 Å². The molecule has 0 aromatic carbocycles. The molecule has 0 bridgehead atoms. The SMILES string of the molecule is CCCOC(=O)CC(CCl)OC(=O)CCl. The van der Waals surface area contributed by atoms with E-state index in [2.05, 4.69) is 0 Å². The first kappa shape index (κ1) is 14.5. The molecule has 0 aromatic heterocycles. The molecule has 88 valence electrons. The minimum atomic E-state index is -0.665. The van der Waals surface area contributed by atoms with Crippen molar-refractivity contribution in [2.45, 2.75) is 25.9 Å². The van der Waals surface area contributed by atoms with Crippen molar-refractivity contribution in [1.29, 1.82) is 0 Å². The van der Waals surface area contributed by atoms with Crippen LogP contribution in [0.25, 0.3) is 0 Å². The van der Waals surface area contributed by atoms with Gasteiger partial charge >= 0.3 is 11.9 Å². The molecule has 0 aromatic rings. The maximum absolute atomic E-state index is 11.1. The lowest BCUT2D eigenvalue weighted by Gasteiger charge is -2.13.